The van der Waals surface area contributed by atoms with E-state index in [1.54, 1.807) is 7.11 Å². The first-order valence-electron chi connectivity index (χ1n) is 5.45. The zero-order valence-electron chi connectivity index (χ0n) is 9.03. The Bertz CT molecular complexity index is 357. The molecule has 0 unspecified atom stereocenters. The summed E-state index contributed by atoms with van der Waals surface area (Å²) in [6, 6.07) is 8.07. The van der Waals surface area contributed by atoms with Gasteiger partial charge in [-0.1, -0.05) is 12.1 Å². The predicted octanol–water partition coefficient (Wildman–Crippen LogP) is 2.92. The number of ether oxygens (including phenoxy) is 1. The molecule has 0 spiro atoms. The molecule has 1 aliphatic carbocycles. The van der Waals surface area contributed by atoms with Gasteiger partial charge in [0.1, 0.15) is 11.5 Å². The minimum Gasteiger partial charge on any atom is -0.497 e. The fraction of sp³-hybridized carbons (Fsp3) is 0.462. The molecule has 0 aromatic heterocycles. The minimum atomic E-state index is 0.397. The third kappa shape index (κ3) is 2.38. The quantitative estimate of drug-likeness (QED) is 0.740. The van der Waals surface area contributed by atoms with Crippen molar-refractivity contribution in [2.45, 2.75) is 31.6 Å². The molecule has 0 radical (unpaired) electrons. The second-order valence-corrected chi connectivity index (χ2v) is 4.11. The highest BCUT2D eigenvalue weighted by atomic mass is 16.5. The lowest BCUT2D eigenvalue weighted by atomic mass is 9.83. The van der Waals surface area contributed by atoms with Crippen molar-refractivity contribution in [3.8, 4) is 5.75 Å². The summed E-state index contributed by atoms with van der Waals surface area (Å²) in [4.78, 5) is 11.4. The second kappa shape index (κ2) is 4.47. The average molecular weight is 204 g/mol. The lowest BCUT2D eigenvalue weighted by Gasteiger charge is -2.21. The SMILES string of the molecule is COc1cccc([C@@H]2CCCC(=O)C2)c1. The Morgan fingerprint density at radius 2 is 2.27 bits per heavy atom. The Morgan fingerprint density at radius 3 is 3.00 bits per heavy atom. The molecule has 2 heteroatoms. The molecule has 15 heavy (non-hydrogen) atoms. The Kier molecular flexibility index (Phi) is 3.05. The largest absolute Gasteiger partial charge is 0.497 e. The molecule has 80 valence electrons. The summed E-state index contributed by atoms with van der Waals surface area (Å²) in [5, 5.41) is 0. The van der Waals surface area contributed by atoms with Crippen LogP contribution in [-0.2, 0) is 4.79 Å². The number of ketones is 1. The molecule has 1 atom stereocenters. The van der Waals surface area contributed by atoms with Gasteiger partial charge in [0, 0.05) is 12.8 Å². The van der Waals surface area contributed by atoms with E-state index >= 15 is 0 Å². The van der Waals surface area contributed by atoms with Gasteiger partial charge in [-0.25, -0.2) is 0 Å². The van der Waals surface area contributed by atoms with Crippen molar-refractivity contribution in [1.82, 2.24) is 0 Å². The average Bonchev–Trinajstić information content (AvgIpc) is 2.29. The van der Waals surface area contributed by atoms with Crippen LogP contribution in [0.2, 0.25) is 0 Å². The van der Waals surface area contributed by atoms with E-state index in [1.807, 2.05) is 18.2 Å². The molecule has 0 heterocycles. The number of hydrogen-bond acceptors (Lipinski definition) is 2. The lowest BCUT2D eigenvalue weighted by molar-refractivity contribution is -0.120. The summed E-state index contributed by atoms with van der Waals surface area (Å²) < 4.78 is 5.19. The fourth-order valence-corrected chi connectivity index (χ4v) is 2.20. The van der Waals surface area contributed by atoms with E-state index in [4.69, 9.17) is 4.74 Å². The second-order valence-electron chi connectivity index (χ2n) is 4.11. The van der Waals surface area contributed by atoms with Crippen LogP contribution in [-0.4, -0.2) is 12.9 Å². The molecule has 1 saturated carbocycles. The van der Waals surface area contributed by atoms with Crippen LogP contribution < -0.4 is 4.74 Å². The van der Waals surface area contributed by atoms with Gasteiger partial charge in [0.2, 0.25) is 0 Å². The number of hydrogen-bond donors (Lipinski definition) is 0. The smallest absolute Gasteiger partial charge is 0.133 e. The van der Waals surface area contributed by atoms with Crippen LogP contribution in [0, 0.1) is 0 Å². The molecule has 0 amide bonds. The van der Waals surface area contributed by atoms with Crippen molar-refractivity contribution >= 4 is 5.78 Å². The predicted molar refractivity (Wildman–Crippen MR) is 59.2 cm³/mol. The Labute approximate surface area is 90.3 Å². The van der Waals surface area contributed by atoms with Gasteiger partial charge in [0.25, 0.3) is 0 Å². The van der Waals surface area contributed by atoms with Crippen molar-refractivity contribution in [2.75, 3.05) is 7.11 Å². The Balaban J connectivity index is 2.17. The van der Waals surface area contributed by atoms with Crippen molar-refractivity contribution in [2.24, 2.45) is 0 Å². The Morgan fingerprint density at radius 1 is 1.40 bits per heavy atom. The standard InChI is InChI=1S/C13H16O2/c1-15-13-7-3-5-11(9-13)10-4-2-6-12(14)8-10/h3,5,7,9-10H,2,4,6,8H2,1H3/t10-/m1/s1. The van der Waals surface area contributed by atoms with E-state index in [-0.39, 0.29) is 0 Å². The van der Waals surface area contributed by atoms with E-state index in [2.05, 4.69) is 6.07 Å². The van der Waals surface area contributed by atoms with Gasteiger partial charge >= 0.3 is 0 Å². The zero-order valence-corrected chi connectivity index (χ0v) is 9.03. The summed E-state index contributed by atoms with van der Waals surface area (Å²) >= 11 is 0. The summed E-state index contributed by atoms with van der Waals surface area (Å²) in [5.74, 6) is 1.68. The summed E-state index contributed by atoms with van der Waals surface area (Å²) in [5.41, 5.74) is 1.24. The number of rotatable bonds is 2. The van der Waals surface area contributed by atoms with Gasteiger partial charge in [-0.2, -0.15) is 0 Å². The molecule has 0 bridgehead atoms. The van der Waals surface area contributed by atoms with Crippen LogP contribution in [0.25, 0.3) is 0 Å². The minimum absolute atomic E-state index is 0.397. The van der Waals surface area contributed by atoms with E-state index < -0.39 is 0 Å². The first kappa shape index (κ1) is 10.2. The highest BCUT2D eigenvalue weighted by Gasteiger charge is 2.20. The van der Waals surface area contributed by atoms with E-state index in [0.717, 1.165) is 25.0 Å². The van der Waals surface area contributed by atoms with E-state index in [0.29, 0.717) is 18.1 Å². The van der Waals surface area contributed by atoms with Crippen molar-refractivity contribution < 1.29 is 9.53 Å². The third-order valence-corrected chi connectivity index (χ3v) is 3.05. The molecule has 1 aromatic carbocycles. The van der Waals surface area contributed by atoms with E-state index in [9.17, 15) is 4.79 Å². The van der Waals surface area contributed by atoms with Crippen LogP contribution in [0.4, 0.5) is 0 Å². The van der Waals surface area contributed by atoms with Crippen LogP contribution in [0.1, 0.15) is 37.2 Å². The number of carbonyl (C=O) groups is 1. The van der Waals surface area contributed by atoms with Gasteiger partial charge in [-0.3, -0.25) is 4.79 Å². The first-order chi connectivity index (χ1) is 7.29. The van der Waals surface area contributed by atoms with Crippen LogP contribution >= 0.6 is 0 Å². The maximum absolute atomic E-state index is 11.4. The summed E-state index contributed by atoms with van der Waals surface area (Å²) in [6.07, 6.45) is 3.62. The number of carbonyl (C=O) groups excluding carboxylic acids is 1. The summed E-state index contributed by atoms with van der Waals surface area (Å²) in [6.45, 7) is 0. The van der Waals surface area contributed by atoms with Crippen molar-refractivity contribution in [3.05, 3.63) is 29.8 Å². The van der Waals surface area contributed by atoms with Crippen molar-refractivity contribution in [1.29, 1.82) is 0 Å². The molecule has 1 fully saturated rings. The molecule has 2 rings (SSSR count). The number of Topliss-reactive ketones (excluding diaryl/α,β-unsaturated/α-hetero) is 1. The van der Waals surface area contributed by atoms with Gasteiger partial charge in [0.05, 0.1) is 7.11 Å². The highest BCUT2D eigenvalue weighted by molar-refractivity contribution is 5.80. The number of benzene rings is 1. The number of methoxy groups -OCH3 is 1. The maximum Gasteiger partial charge on any atom is 0.133 e. The lowest BCUT2D eigenvalue weighted by Crippen LogP contribution is -2.13. The Hall–Kier alpha value is -1.31. The topological polar surface area (TPSA) is 26.3 Å². The van der Waals surface area contributed by atoms with Crippen LogP contribution in [0.3, 0.4) is 0 Å². The van der Waals surface area contributed by atoms with Gasteiger partial charge < -0.3 is 4.74 Å². The summed E-state index contributed by atoms with van der Waals surface area (Å²) in [7, 11) is 1.67. The molecule has 0 N–H and O–H groups in total. The van der Waals surface area contributed by atoms with Crippen molar-refractivity contribution in [3.63, 3.8) is 0 Å². The molecule has 0 saturated heterocycles. The monoisotopic (exact) mass is 204 g/mol. The maximum atomic E-state index is 11.4. The molecule has 2 nitrogen and oxygen atoms in total. The molecular formula is C13H16O2. The van der Waals surface area contributed by atoms with Gasteiger partial charge in [0.15, 0.2) is 0 Å². The molecule has 1 aromatic rings. The van der Waals surface area contributed by atoms with Crippen LogP contribution in [0.15, 0.2) is 24.3 Å². The molecular weight excluding hydrogens is 188 g/mol. The highest BCUT2D eigenvalue weighted by Crippen LogP contribution is 2.32. The third-order valence-electron chi connectivity index (χ3n) is 3.05. The van der Waals surface area contributed by atoms with Crippen LogP contribution in [0.5, 0.6) is 5.75 Å². The van der Waals surface area contributed by atoms with E-state index in [1.165, 1.54) is 5.56 Å². The fourth-order valence-electron chi connectivity index (χ4n) is 2.20. The zero-order chi connectivity index (χ0) is 10.7. The molecule has 0 aliphatic heterocycles. The van der Waals surface area contributed by atoms with Gasteiger partial charge in [-0.15, -0.1) is 0 Å². The first-order valence-corrected chi connectivity index (χ1v) is 5.45. The molecule has 1 aliphatic rings. The normalized spacial score (nSPS) is 21.4. The van der Waals surface area contributed by atoms with Gasteiger partial charge in [-0.05, 0) is 36.5 Å².